The molecule has 1 aromatic heterocycles. The number of nitrogens with zero attached hydrogens (tertiary/aromatic N) is 3. The summed E-state index contributed by atoms with van der Waals surface area (Å²) in [6.45, 7) is 2.69. The summed E-state index contributed by atoms with van der Waals surface area (Å²) in [6.07, 6.45) is 2.24. The molecule has 1 aliphatic heterocycles. The maximum absolute atomic E-state index is 13.2. The molecule has 0 unspecified atom stereocenters. The fourth-order valence-corrected chi connectivity index (χ4v) is 3.60. The summed E-state index contributed by atoms with van der Waals surface area (Å²) in [5.41, 5.74) is 3.21. The van der Waals surface area contributed by atoms with Crippen LogP contribution in [0, 0.1) is 5.82 Å². The van der Waals surface area contributed by atoms with Gasteiger partial charge >= 0.3 is 0 Å². The zero-order valence-electron chi connectivity index (χ0n) is 15.0. The van der Waals surface area contributed by atoms with Crippen molar-refractivity contribution in [3.63, 3.8) is 0 Å². The normalized spacial score (nSPS) is 15.2. The van der Waals surface area contributed by atoms with Crippen molar-refractivity contribution < 1.29 is 9.87 Å². The summed E-state index contributed by atoms with van der Waals surface area (Å²) in [5.74, 6) is 0.814. The number of hydrogen-bond acceptors (Lipinski definition) is 3. The first-order valence-electron chi connectivity index (χ1n) is 8.86. The van der Waals surface area contributed by atoms with Gasteiger partial charge in [0.1, 0.15) is 5.82 Å². The molecular weight excluding hydrogens is 331 g/mol. The van der Waals surface area contributed by atoms with E-state index in [1.165, 1.54) is 12.1 Å². The Morgan fingerprint density at radius 1 is 1.08 bits per heavy atom. The van der Waals surface area contributed by atoms with Gasteiger partial charge in [0.15, 0.2) is 0 Å². The van der Waals surface area contributed by atoms with Gasteiger partial charge in [0.25, 0.3) is 0 Å². The number of piperidine rings is 1. The molecule has 0 atom stereocenters. The van der Waals surface area contributed by atoms with E-state index >= 15 is 0 Å². The predicted octanol–water partition coefficient (Wildman–Crippen LogP) is 2.59. The van der Waals surface area contributed by atoms with Crippen molar-refractivity contribution in [2.45, 2.75) is 25.4 Å². The molecule has 0 amide bonds. The van der Waals surface area contributed by atoms with Gasteiger partial charge in [0, 0.05) is 19.1 Å². The Labute approximate surface area is 152 Å². The second-order valence-corrected chi connectivity index (χ2v) is 6.66. The molecular formula is C20H25FN4O. The molecule has 0 aliphatic carbocycles. The van der Waals surface area contributed by atoms with Gasteiger partial charge in [0.05, 0.1) is 17.6 Å². The number of fused-ring (bicyclic) bond motifs is 1. The fraction of sp³-hybridized carbons (Fsp3) is 0.350. The Kier molecular flexibility index (Phi) is 5.54. The van der Waals surface area contributed by atoms with E-state index in [9.17, 15) is 4.39 Å². The molecule has 1 aliphatic rings. The number of imidazole rings is 1. The average Bonchev–Trinajstić information content (AvgIpc) is 3.02. The second-order valence-electron chi connectivity index (χ2n) is 6.66. The third kappa shape index (κ3) is 3.57. The van der Waals surface area contributed by atoms with Gasteiger partial charge < -0.3 is 20.3 Å². The number of para-hydroxylation sites is 2. The van der Waals surface area contributed by atoms with Gasteiger partial charge in [-0.25, -0.2) is 9.37 Å². The lowest BCUT2D eigenvalue weighted by Gasteiger charge is -2.32. The molecule has 1 fully saturated rings. The summed E-state index contributed by atoms with van der Waals surface area (Å²) >= 11 is 0. The molecule has 138 valence electrons. The SMILES string of the molecule is CNC1CCN(c2nc3ccccc3n2Cc2ccc(F)cc2)CC1.O. The van der Waals surface area contributed by atoms with Crippen LogP contribution in [0.15, 0.2) is 48.5 Å². The van der Waals surface area contributed by atoms with Gasteiger partial charge in [-0.3, -0.25) is 0 Å². The molecule has 6 heteroatoms. The van der Waals surface area contributed by atoms with E-state index in [2.05, 4.69) is 26.9 Å². The first-order chi connectivity index (χ1) is 12.2. The van der Waals surface area contributed by atoms with Gasteiger partial charge in [-0.15, -0.1) is 0 Å². The zero-order valence-corrected chi connectivity index (χ0v) is 15.0. The first-order valence-corrected chi connectivity index (χ1v) is 8.86. The van der Waals surface area contributed by atoms with Gasteiger partial charge in [-0.1, -0.05) is 24.3 Å². The fourth-order valence-electron chi connectivity index (χ4n) is 3.60. The lowest BCUT2D eigenvalue weighted by atomic mass is 10.1. The Morgan fingerprint density at radius 3 is 2.46 bits per heavy atom. The quantitative estimate of drug-likeness (QED) is 0.781. The van der Waals surface area contributed by atoms with Crippen LogP contribution in [0.4, 0.5) is 10.3 Å². The largest absolute Gasteiger partial charge is 0.412 e. The number of nitrogens with one attached hydrogen (secondary N) is 1. The van der Waals surface area contributed by atoms with Crippen molar-refractivity contribution in [1.82, 2.24) is 14.9 Å². The third-order valence-corrected chi connectivity index (χ3v) is 5.07. The molecule has 0 saturated carbocycles. The topological polar surface area (TPSA) is 64.6 Å². The maximum Gasteiger partial charge on any atom is 0.206 e. The highest BCUT2D eigenvalue weighted by Gasteiger charge is 2.22. The summed E-state index contributed by atoms with van der Waals surface area (Å²) in [4.78, 5) is 7.27. The minimum absolute atomic E-state index is 0. The molecule has 0 spiro atoms. The van der Waals surface area contributed by atoms with Crippen LogP contribution in [0.25, 0.3) is 11.0 Å². The highest BCUT2D eigenvalue weighted by Crippen LogP contribution is 2.26. The number of hydrogen-bond donors (Lipinski definition) is 1. The lowest BCUT2D eigenvalue weighted by Crippen LogP contribution is -2.42. The van der Waals surface area contributed by atoms with Crippen LogP contribution in [0.2, 0.25) is 0 Å². The van der Waals surface area contributed by atoms with Crippen LogP contribution in [0.3, 0.4) is 0 Å². The van der Waals surface area contributed by atoms with Crippen molar-refractivity contribution in [2.75, 3.05) is 25.0 Å². The van der Waals surface area contributed by atoms with Crippen LogP contribution >= 0.6 is 0 Å². The van der Waals surface area contributed by atoms with Crippen molar-refractivity contribution in [3.05, 3.63) is 59.9 Å². The number of rotatable bonds is 4. The van der Waals surface area contributed by atoms with Gasteiger partial charge in [-0.05, 0) is 49.7 Å². The molecule has 5 nitrogen and oxygen atoms in total. The van der Waals surface area contributed by atoms with E-state index in [4.69, 9.17) is 4.98 Å². The number of benzene rings is 2. The van der Waals surface area contributed by atoms with Crippen LogP contribution in [0.5, 0.6) is 0 Å². The molecule has 0 radical (unpaired) electrons. The maximum atomic E-state index is 13.2. The second kappa shape index (κ2) is 7.85. The monoisotopic (exact) mass is 356 g/mol. The van der Waals surface area contributed by atoms with E-state index in [-0.39, 0.29) is 11.3 Å². The van der Waals surface area contributed by atoms with Crippen molar-refractivity contribution >= 4 is 17.0 Å². The standard InChI is InChI=1S/C20H23FN4.H2O/c1-22-17-10-12-24(13-11-17)20-23-18-4-2-3-5-19(18)25(20)14-15-6-8-16(21)9-7-15;/h2-9,17,22H,10-14H2,1H3;1H2. The smallest absolute Gasteiger partial charge is 0.206 e. The van der Waals surface area contributed by atoms with E-state index in [1.54, 1.807) is 0 Å². The molecule has 26 heavy (non-hydrogen) atoms. The van der Waals surface area contributed by atoms with Crippen LogP contribution < -0.4 is 10.2 Å². The summed E-state index contributed by atoms with van der Waals surface area (Å²) in [7, 11) is 2.03. The Balaban J connectivity index is 0.00000196. The third-order valence-electron chi connectivity index (χ3n) is 5.07. The van der Waals surface area contributed by atoms with Crippen LogP contribution in [-0.4, -0.2) is 41.2 Å². The van der Waals surface area contributed by atoms with E-state index in [0.717, 1.165) is 48.5 Å². The Morgan fingerprint density at radius 2 is 1.77 bits per heavy atom. The van der Waals surface area contributed by atoms with Crippen molar-refractivity contribution in [2.24, 2.45) is 0 Å². The molecule has 3 aromatic rings. The minimum Gasteiger partial charge on any atom is -0.412 e. The highest BCUT2D eigenvalue weighted by atomic mass is 19.1. The predicted molar refractivity (Wildman–Crippen MR) is 103 cm³/mol. The van der Waals surface area contributed by atoms with E-state index < -0.39 is 0 Å². The molecule has 1 saturated heterocycles. The lowest BCUT2D eigenvalue weighted by molar-refractivity contribution is 0.436. The van der Waals surface area contributed by atoms with Crippen LogP contribution in [0.1, 0.15) is 18.4 Å². The Bertz CT molecular complexity index is 854. The molecule has 2 aromatic carbocycles. The number of aromatic nitrogens is 2. The first kappa shape index (κ1) is 18.4. The molecule has 2 heterocycles. The van der Waals surface area contributed by atoms with Gasteiger partial charge in [-0.2, -0.15) is 0 Å². The highest BCUT2D eigenvalue weighted by molar-refractivity contribution is 5.79. The van der Waals surface area contributed by atoms with Gasteiger partial charge in [0.2, 0.25) is 5.95 Å². The average molecular weight is 356 g/mol. The summed E-state index contributed by atoms with van der Waals surface area (Å²) in [6, 6.07) is 15.6. The van der Waals surface area contributed by atoms with Crippen molar-refractivity contribution in [3.8, 4) is 0 Å². The Hall–Kier alpha value is -2.44. The van der Waals surface area contributed by atoms with E-state index in [0.29, 0.717) is 12.6 Å². The summed E-state index contributed by atoms with van der Waals surface area (Å²) < 4.78 is 15.5. The zero-order chi connectivity index (χ0) is 17.2. The van der Waals surface area contributed by atoms with Crippen molar-refractivity contribution in [1.29, 1.82) is 0 Å². The van der Waals surface area contributed by atoms with Crippen LogP contribution in [-0.2, 0) is 6.54 Å². The summed E-state index contributed by atoms with van der Waals surface area (Å²) in [5, 5.41) is 3.37. The molecule has 3 N–H and O–H groups in total. The van der Waals surface area contributed by atoms with E-state index in [1.807, 2.05) is 31.3 Å². The number of halogens is 1. The minimum atomic E-state index is -0.200. The molecule has 0 bridgehead atoms. The molecule has 4 rings (SSSR count). The number of anilines is 1.